The first-order valence-corrected chi connectivity index (χ1v) is 8.49. The van der Waals surface area contributed by atoms with Crippen LogP contribution in [0.1, 0.15) is 37.6 Å². The van der Waals surface area contributed by atoms with Crippen molar-refractivity contribution in [3.8, 4) is 0 Å². The number of anilines is 1. The highest BCUT2D eigenvalue weighted by molar-refractivity contribution is 6.03. The van der Waals surface area contributed by atoms with Crippen molar-refractivity contribution >= 4 is 17.6 Å². The predicted molar refractivity (Wildman–Crippen MR) is 95.7 cm³/mol. The van der Waals surface area contributed by atoms with E-state index in [1.807, 2.05) is 20.8 Å². The second-order valence-corrected chi connectivity index (χ2v) is 7.11. The fraction of sp³-hybridized carbons (Fsp3) is 0.556. The van der Waals surface area contributed by atoms with Gasteiger partial charge in [-0.3, -0.25) is 4.79 Å². The lowest BCUT2D eigenvalue weighted by atomic mass is 10.1. The third kappa shape index (κ3) is 5.44. The summed E-state index contributed by atoms with van der Waals surface area (Å²) in [4.78, 5) is 26.8. The maximum absolute atomic E-state index is 12.7. The number of carbonyl (C=O) groups excluding carboxylic acids is 2. The van der Waals surface area contributed by atoms with Crippen LogP contribution in [0.2, 0.25) is 0 Å². The van der Waals surface area contributed by atoms with Crippen molar-refractivity contribution in [1.29, 1.82) is 0 Å². The van der Waals surface area contributed by atoms with Gasteiger partial charge in [0.05, 0.1) is 30.5 Å². The molecule has 0 radical (unpaired) electrons. The van der Waals surface area contributed by atoms with E-state index >= 15 is 0 Å². The number of nitrogens with one attached hydrogen (secondary N) is 2. The van der Waals surface area contributed by atoms with Crippen molar-refractivity contribution in [1.82, 2.24) is 10.2 Å². The number of hydrogen-bond donors (Lipinski definition) is 3. The average Bonchev–Trinajstić information content (AvgIpc) is 2.54. The van der Waals surface area contributed by atoms with Crippen LogP contribution < -0.4 is 10.6 Å². The Balaban J connectivity index is 2.14. The molecule has 0 spiro atoms. The van der Waals surface area contributed by atoms with Gasteiger partial charge in [0.15, 0.2) is 0 Å². The number of morpholine rings is 1. The standard InChI is InChI=1S/C18H27N3O4/c1-18(2,3)20-16(23)14-6-4-5-7-15(14)19-17(24)21-9-11-25-12-13(21)8-10-22/h4-7,13,22H,8-12H2,1-3H3,(H,19,24)(H,20,23)/t13-/m0/s1. The van der Waals surface area contributed by atoms with Gasteiger partial charge < -0.3 is 25.4 Å². The molecule has 3 N–H and O–H groups in total. The second-order valence-electron chi connectivity index (χ2n) is 7.11. The molecule has 1 atom stereocenters. The molecule has 1 aliphatic heterocycles. The smallest absolute Gasteiger partial charge is 0.322 e. The molecule has 1 aliphatic rings. The Hall–Kier alpha value is -2.12. The summed E-state index contributed by atoms with van der Waals surface area (Å²) in [7, 11) is 0. The van der Waals surface area contributed by atoms with E-state index in [-0.39, 0.29) is 30.1 Å². The zero-order chi connectivity index (χ0) is 18.4. The van der Waals surface area contributed by atoms with Gasteiger partial charge in [-0.15, -0.1) is 0 Å². The first-order chi connectivity index (χ1) is 11.8. The van der Waals surface area contributed by atoms with Crippen molar-refractivity contribution in [2.24, 2.45) is 0 Å². The number of aliphatic hydroxyl groups is 1. The third-order valence-electron chi connectivity index (χ3n) is 3.85. The molecule has 138 valence electrons. The molecule has 2 rings (SSSR count). The topological polar surface area (TPSA) is 90.9 Å². The molecule has 0 aliphatic carbocycles. The highest BCUT2D eigenvalue weighted by Crippen LogP contribution is 2.19. The molecule has 1 aromatic carbocycles. The number of rotatable bonds is 4. The highest BCUT2D eigenvalue weighted by atomic mass is 16.5. The van der Waals surface area contributed by atoms with E-state index in [0.29, 0.717) is 37.4 Å². The first kappa shape index (κ1) is 19.2. The molecule has 1 saturated heterocycles. The Morgan fingerprint density at radius 3 is 2.72 bits per heavy atom. The Kier molecular flexibility index (Phi) is 6.39. The Labute approximate surface area is 148 Å². The van der Waals surface area contributed by atoms with Gasteiger partial charge in [-0.25, -0.2) is 4.79 Å². The lowest BCUT2D eigenvalue weighted by Gasteiger charge is -2.35. The number of ether oxygens (including phenoxy) is 1. The summed E-state index contributed by atoms with van der Waals surface area (Å²) in [5.74, 6) is -0.239. The zero-order valence-electron chi connectivity index (χ0n) is 15.0. The quantitative estimate of drug-likeness (QED) is 0.773. The maximum atomic E-state index is 12.7. The molecule has 0 aromatic heterocycles. The number of nitrogens with zero attached hydrogens (tertiary/aromatic N) is 1. The molecule has 1 aromatic rings. The number of aliphatic hydroxyl groups excluding tert-OH is 1. The minimum absolute atomic E-state index is 0.0115. The summed E-state index contributed by atoms with van der Waals surface area (Å²) < 4.78 is 5.39. The maximum Gasteiger partial charge on any atom is 0.322 e. The summed E-state index contributed by atoms with van der Waals surface area (Å²) in [6.07, 6.45) is 0.458. The van der Waals surface area contributed by atoms with Gasteiger partial charge in [0.25, 0.3) is 5.91 Å². The predicted octanol–water partition coefficient (Wildman–Crippen LogP) is 1.83. The van der Waals surface area contributed by atoms with E-state index < -0.39 is 0 Å². The Morgan fingerprint density at radius 2 is 2.04 bits per heavy atom. The van der Waals surface area contributed by atoms with Crippen LogP contribution in [0.5, 0.6) is 0 Å². The largest absolute Gasteiger partial charge is 0.396 e. The molecule has 0 bridgehead atoms. The van der Waals surface area contributed by atoms with Crippen LogP contribution >= 0.6 is 0 Å². The normalized spacial score (nSPS) is 17.9. The van der Waals surface area contributed by atoms with Crippen molar-refractivity contribution in [2.45, 2.75) is 38.8 Å². The number of hydrogen-bond acceptors (Lipinski definition) is 4. The van der Waals surface area contributed by atoms with Crippen LogP contribution in [0.3, 0.4) is 0 Å². The molecule has 0 saturated carbocycles. The Bertz CT molecular complexity index is 611. The van der Waals surface area contributed by atoms with E-state index in [0.717, 1.165) is 0 Å². The van der Waals surface area contributed by atoms with Crippen LogP contribution in [0, 0.1) is 0 Å². The van der Waals surface area contributed by atoms with E-state index in [9.17, 15) is 9.59 Å². The number of para-hydroxylation sites is 1. The van der Waals surface area contributed by atoms with Crippen LogP contribution in [0.15, 0.2) is 24.3 Å². The summed E-state index contributed by atoms with van der Waals surface area (Å²) in [5, 5.41) is 14.9. The van der Waals surface area contributed by atoms with Gasteiger partial charge >= 0.3 is 6.03 Å². The molecular formula is C18H27N3O4. The molecule has 7 heteroatoms. The van der Waals surface area contributed by atoms with E-state index in [1.54, 1.807) is 29.2 Å². The lowest BCUT2D eigenvalue weighted by Crippen LogP contribution is -2.50. The fourth-order valence-corrected chi connectivity index (χ4v) is 2.70. The number of amides is 3. The van der Waals surface area contributed by atoms with Gasteiger partial charge in [0.2, 0.25) is 0 Å². The zero-order valence-corrected chi connectivity index (χ0v) is 15.0. The van der Waals surface area contributed by atoms with Gasteiger partial charge in [-0.2, -0.15) is 0 Å². The molecule has 7 nitrogen and oxygen atoms in total. The fourth-order valence-electron chi connectivity index (χ4n) is 2.70. The van der Waals surface area contributed by atoms with Crippen molar-refractivity contribution in [3.05, 3.63) is 29.8 Å². The van der Waals surface area contributed by atoms with Gasteiger partial charge in [-0.05, 0) is 39.3 Å². The van der Waals surface area contributed by atoms with Crippen LogP contribution in [-0.2, 0) is 4.74 Å². The minimum Gasteiger partial charge on any atom is -0.396 e. The molecule has 1 fully saturated rings. The van der Waals surface area contributed by atoms with Crippen LogP contribution in [-0.4, -0.2) is 59.9 Å². The molecule has 0 unspecified atom stereocenters. The van der Waals surface area contributed by atoms with Crippen molar-refractivity contribution < 1.29 is 19.4 Å². The van der Waals surface area contributed by atoms with Crippen LogP contribution in [0.4, 0.5) is 10.5 Å². The summed E-state index contributed by atoms with van der Waals surface area (Å²) >= 11 is 0. The van der Waals surface area contributed by atoms with Gasteiger partial charge in [0.1, 0.15) is 0 Å². The monoisotopic (exact) mass is 349 g/mol. The molecule has 1 heterocycles. The molecule has 3 amide bonds. The number of carbonyl (C=O) groups is 2. The number of benzene rings is 1. The molecule has 25 heavy (non-hydrogen) atoms. The van der Waals surface area contributed by atoms with E-state index in [1.165, 1.54) is 0 Å². The second kappa shape index (κ2) is 8.31. The summed E-state index contributed by atoms with van der Waals surface area (Å²) in [6, 6.07) is 6.45. The van der Waals surface area contributed by atoms with Crippen LogP contribution in [0.25, 0.3) is 0 Å². The van der Waals surface area contributed by atoms with E-state index in [2.05, 4.69) is 10.6 Å². The molecular weight excluding hydrogens is 322 g/mol. The summed E-state index contributed by atoms with van der Waals surface area (Å²) in [6.45, 7) is 7.01. The van der Waals surface area contributed by atoms with E-state index in [4.69, 9.17) is 9.84 Å². The van der Waals surface area contributed by atoms with Gasteiger partial charge in [0, 0.05) is 18.7 Å². The van der Waals surface area contributed by atoms with Crippen molar-refractivity contribution in [3.63, 3.8) is 0 Å². The number of urea groups is 1. The summed E-state index contributed by atoms with van der Waals surface area (Å²) in [5.41, 5.74) is 0.506. The van der Waals surface area contributed by atoms with Gasteiger partial charge in [-0.1, -0.05) is 12.1 Å². The minimum atomic E-state index is -0.370. The Morgan fingerprint density at radius 1 is 1.32 bits per heavy atom. The average molecular weight is 349 g/mol. The van der Waals surface area contributed by atoms with Crippen molar-refractivity contribution in [2.75, 3.05) is 31.7 Å². The first-order valence-electron chi connectivity index (χ1n) is 8.49. The lowest BCUT2D eigenvalue weighted by molar-refractivity contribution is 0.00728. The highest BCUT2D eigenvalue weighted by Gasteiger charge is 2.28. The SMILES string of the molecule is CC(C)(C)NC(=O)c1ccccc1NC(=O)N1CCOC[C@@H]1CCO. The third-order valence-corrected chi connectivity index (χ3v) is 3.85.